The highest BCUT2D eigenvalue weighted by Crippen LogP contribution is 2.38. The molecule has 1 atom stereocenters. The zero-order chi connectivity index (χ0) is 35.0. The molecule has 2 aliphatic rings. The van der Waals surface area contributed by atoms with Gasteiger partial charge in [0, 0.05) is 12.2 Å². The summed E-state index contributed by atoms with van der Waals surface area (Å²) in [5.74, 6) is -3.37. The number of halogens is 2. The Morgan fingerprint density at radius 1 is 0.959 bits per heavy atom. The first kappa shape index (κ1) is 35.2. The van der Waals surface area contributed by atoms with Gasteiger partial charge in [0.2, 0.25) is 0 Å². The SMILES string of the molecule is CCC1=C(C(=O)OCc2ccccc2)C(c2ccc(F)c(F)c2)N(C(=O)NCCCN2CCC(C(=O)OC)(c3ccccc3)CC2)C(=O)N1. The summed E-state index contributed by atoms with van der Waals surface area (Å²) in [6, 6.07) is 18.6. The fourth-order valence-electron chi connectivity index (χ4n) is 6.49. The predicted octanol–water partition coefficient (Wildman–Crippen LogP) is 5.75. The van der Waals surface area contributed by atoms with Crippen molar-refractivity contribution in [3.05, 3.63) is 118 Å². The van der Waals surface area contributed by atoms with E-state index in [0.29, 0.717) is 38.9 Å². The number of benzene rings is 3. The molecule has 1 saturated heterocycles. The molecule has 0 aliphatic carbocycles. The van der Waals surface area contributed by atoms with E-state index in [4.69, 9.17) is 9.47 Å². The molecule has 3 aromatic rings. The lowest BCUT2D eigenvalue weighted by atomic mass is 9.72. The molecule has 1 unspecified atom stereocenters. The van der Waals surface area contributed by atoms with Crippen LogP contribution in [-0.2, 0) is 31.1 Å². The van der Waals surface area contributed by atoms with Gasteiger partial charge < -0.3 is 25.0 Å². The lowest BCUT2D eigenvalue weighted by Gasteiger charge is -2.40. The Morgan fingerprint density at radius 3 is 2.27 bits per heavy atom. The predicted molar refractivity (Wildman–Crippen MR) is 177 cm³/mol. The van der Waals surface area contributed by atoms with E-state index in [1.807, 2.05) is 36.4 Å². The number of imide groups is 1. The van der Waals surface area contributed by atoms with Gasteiger partial charge in [0.15, 0.2) is 11.6 Å². The van der Waals surface area contributed by atoms with E-state index in [9.17, 15) is 28.0 Å². The molecule has 5 rings (SSSR count). The molecule has 258 valence electrons. The van der Waals surface area contributed by atoms with Crippen LogP contribution < -0.4 is 10.6 Å². The number of ether oxygens (including phenoxy) is 2. The second-order valence-electron chi connectivity index (χ2n) is 12.1. The number of likely N-dealkylation sites (tertiary alicyclic amines) is 1. The first-order chi connectivity index (χ1) is 23.7. The third-order valence-electron chi connectivity index (χ3n) is 9.14. The summed E-state index contributed by atoms with van der Waals surface area (Å²) < 4.78 is 39.3. The minimum Gasteiger partial charge on any atom is -0.468 e. The van der Waals surface area contributed by atoms with Crippen molar-refractivity contribution in [2.45, 2.75) is 50.7 Å². The fourth-order valence-corrected chi connectivity index (χ4v) is 6.49. The van der Waals surface area contributed by atoms with E-state index in [1.54, 1.807) is 31.2 Å². The molecule has 1 fully saturated rings. The van der Waals surface area contributed by atoms with Gasteiger partial charge >= 0.3 is 24.0 Å². The molecule has 49 heavy (non-hydrogen) atoms. The molecule has 0 saturated carbocycles. The summed E-state index contributed by atoms with van der Waals surface area (Å²) in [4.78, 5) is 56.5. The summed E-state index contributed by atoms with van der Waals surface area (Å²) in [5, 5.41) is 5.37. The maximum absolute atomic E-state index is 14.5. The molecule has 0 bridgehead atoms. The number of nitrogens with one attached hydrogen (secondary N) is 2. The third kappa shape index (κ3) is 7.80. The number of carbonyl (C=O) groups excluding carboxylic acids is 4. The Labute approximate surface area is 284 Å². The average Bonchev–Trinajstić information content (AvgIpc) is 3.13. The van der Waals surface area contributed by atoms with E-state index in [1.165, 1.54) is 13.2 Å². The fraction of sp³-hybridized carbons (Fsp3) is 0.351. The van der Waals surface area contributed by atoms with Crippen LogP contribution in [0.3, 0.4) is 0 Å². The molecule has 2 N–H and O–H groups in total. The summed E-state index contributed by atoms with van der Waals surface area (Å²) >= 11 is 0. The van der Waals surface area contributed by atoms with Crippen LogP contribution in [0.2, 0.25) is 0 Å². The highest BCUT2D eigenvalue weighted by atomic mass is 19.2. The third-order valence-corrected chi connectivity index (χ3v) is 9.14. The lowest BCUT2D eigenvalue weighted by molar-refractivity contribution is -0.149. The maximum Gasteiger partial charge on any atom is 0.338 e. The van der Waals surface area contributed by atoms with Crippen molar-refractivity contribution in [2.24, 2.45) is 0 Å². The Hall–Kier alpha value is -5.10. The topological polar surface area (TPSA) is 117 Å². The molecule has 2 aliphatic heterocycles. The molecule has 0 aromatic heterocycles. The van der Waals surface area contributed by atoms with Gasteiger partial charge in [-0.1, -0.05) is 73.7 Å². The van der Waals surface area contributed by atoms with Gasteiger partial charge in [0.05, 0.1) is 18.1 Å². The van der Waals surface area contributed by atoms with Gasteiger partial charge in [0.25, 0.3) is 0 Å². The number of carbonyl (C=O) groups is 4. The Bertz CT molecular complexity index is 1690. The number of nitrogens with zero attached hydrogens (tertiary/aromatic N) is 2. The summed E-state index contributed by atoms with van der Waals surface area (Å²) in [6.45, 7) is 3.72. The zero-order valence-electron chi connectivity index (χ0n) is 27.5. The van der Waals surface area contributed by atoms with Crippen molar-refractivity contribution >= 4 is 24.0 Å². The highest BCUT2D eigenvalue weighted by Gasteiger charge is 2.45. The Morgan fingerprint density at radius 2 is 1.63 bits per heavy atom. The van der Waals surface area contributed by atoms with Crippen molar-refractivity contribution in [2.75, 3.05) is 33.3 Å². The quantitative estimate of drug-likeness (QED) is 0.197. The van der Waals surface area contributed by atoms with Crippen LogP contribution in [0.5, 0.6) is 0 Å². The van der Waals surface area contributed by atoms with Gasteiger partial charge in [-0.25, -0.2) is 28.1 Å². The second-order valence-corrected chi connectivity index (χ2v) is 12.1. The van der Waals surface area contributed by atoms with E-state index < -0.39 is 41.1 Å². The van der Waals surface area contributed by atoms with E-state index in [-0.39, 0.29) is 42.4 Å². The van der Waals surface area contributed by atoms with Crippen LogP contribution in [0, 0.1) is 11.6 Å². The number of allylic oxidation sites excluding steroid dienone is 1. The second kappa shape index (κ2) is 15.9. The summed E-state index contributed by atoms with van der Waals surface area (Å²) in [7, 11) is 1.40. The number of hydrogen-bond acceptors (Lipinski definition) is 7. The number of piperidine rings is 1. The number of esters is 2. The largest absolute Gasteiger partial charge is 0.468 e. The van der Waals surface area contributed by atoms with Gasteiger partial charge in [-0.3, -0.25) is 4.79 Å². The van der Waals surface area contributed by atoms with Crippen molar-refractivity contribution in [1.82, 2.24) is 20.4 Å². The zero-order valence-corrected chi connectivity index (χ0v) is 27.5. The first-order valence-electron chi connectivity index (χ1n) is 16.3. The van der Waals surface area contributed by atoms with Crippen molar-refractivity contribution in [1.29, 1.82) is 0 Å². The van der Waals surface area contributed by atoms with E-state index in [2.05, 4.69) is 15.5 Å². The molecule has 0 spiro atoms. The lowest BCUT2D eigenvalue weighted by Crippen LogP contribution is -2.55. The van der Waals surface area contributed by atoms with Gasteiger partial charge in [-0.2, -0.15) is 0 Å². The Kier molecular flexibility index (Phi) is 11.4. The number of rotatable bonds is 11. The smallest absolute Gasteiger partial charge is 0.338 e. The Balaban J connectivity index is 1.27. The molecule has 10 nitrogen and oxygen atoms in total. The number of urea groups is 2. The average molecular weight is 675 g/mol. The van der Waals surface area contributed by atoms with Gasteiger partial charge in [0.1, 0.15) is 12.6 Å². The van der Waals surface area contributed by atoms with Crippen LogP contribution in [0.15, 0.2) is 90.1 Å². The number of amides is 4. The van der Waals surface area contributed by atoms with Crippen LogP contribution >= 0.6 is 0 Å². The maximum atomic E-state index is 14.5. The minimum absolute atomic E-state index is 0.0299. The minimum atomic E-state index is -1.38. The van der Waals surface area contributed by atoms with Crippen LogP contribution in [0.1, 0.15) is 55.3 Å². The standard InChI is InChI=1S/C37H40F2N4O6/c1-3-30-31(33(44)49-24-25-11-6-4-7-12-25)32(26-15-16-28(38)29(39)23-26)43(36(47)41-30)35(46)40-19-10-20-42-21-17-37(18-22-42,34(45)48-2)27-13-8-5-9-14-27/h4-9,11-16,23,32H,3,10,17-22,24H2,1-2H3,(H,40,46)(H,41,47). The first-order valence-corrected chi connectivity index (χ1v) is 16.3. The van der Waals surface area contributed by atoms with Crippen molar-refractivity contribution in [3.63, 3.8) is 0 Å². The van der Waals surface area contributed by atoms with Crippen molar-refractivity contribution < 1.29 is 37.4 Å². The molecule has 2 heterocycles. The summed E-state index contributed by atoms with van der Waals surface area (Å²) in [5.41, 5.74) is 1.11. The van der Waals surface area contributed by atoms with Crippen LogP contribution in [-0.4, -0.2) is 67.1 Å². The molecule has 12 heteroatoms. The number of hydrogen-bond donors (Lipinski definition) is 2. The highest BCUT2D eigenvalue weighted by molar-refractivity contribution is 6.01. The van der Waals surface area contributed by atoms with Gasteiger partial charge in [-0.05, 0) is 74.1 Å². The molecule has 0 radical (unpaired) electrons. The van der Waals surface area contributed by atoms with Gasteiger partial charge in [-0.15, -0.1) is 0 Å². The molecular weight excluding hydrogens is 634 g/mol. The molecule has 3 aromatic carbocycles. The van der Waals surface area contributed by atoms with E-state index >= 15 is 0 Å². The number of methoxy groups -OCH3 is 1. The monoisotopic (exact) mass is 674 g/mol. The molecule has 4 amide bonds. The van der Waals surface area contributed by atoms with Crippen LogP contribution in [0.25, 0.3) is 0 Å². The van der Waals surface area contributed by atoms with E-state index in [0.717, 1.165) is 28.2 Å². The van der Waals surface area contributed by atoms with Crippen LogP contribution in [0.4, 0.5) is 18.4 Å². The summed E-state index contributed by atoms with van der Waals surface area (Å²) in [6.07, 6.45) is 1.88. The normalized spacial score (nSPS) is 17.7. The van der Waals surface area contributed by atoms with Crippen molar-refractivity contribution in [3.8, 4) is 0 Å². The molecular formula is C37H40F2N4O6.